The summed E-state index contributed by atoms with van der Waals surface area (Å²) in [6, 6.07) is 0. The summed E-state index contributed by atoms with van der Waals surface area (Å²) in [5.41, 5.74) is 0.161. The number of aliphatic hydroxyl groups excluding tert-OH is 1. The van der Waals surface area contributed by atoms with Gasteiger partial charge in [-0.2, -0.15) is 11.8 Å². The van der Waals surface area contributed by atoms with E-state index >= 15 is 0 Å². The van der Waals surface area contributed by atoms with Crippen LogP contribution < -0.4 is 0 Å². The fourth-order valence-electron chi connectivity index (χ4n) is 2.33. The first-order valence-corrected chi connectivity index (χ1v) is 8.74. The highest BCUT2D eigenvalue weighted by Gasteiger charge is 2.21. The standard InChI is InChI=1S/C16H32O3S/c1-15(2,9-10-17)7-5-11-20-12-6-8-16(3,4)13-14(18)19/h17H,5-13H2,1-4H3,(H,18,19). The number of hydrogen-bond acceptors (Lipinski definition) is 3. The molecule has 0 rings (SSSR count). The van der Waals surface area contributed by atoms with Crippen molar-refractivity contribution in [1.82, 2.24) is 0 Å². The van der Waals surface area contributed by atoms with Gasteiger partial charge in [0.1, 0.15) is 0 Å². The quantitative estimate of drug-likeness (QED) is 0.531. The largest absolute Gasteiger partial charge is 0.481 e. The molecule has 0 aliphatic heterocycles. The maximum atomic E-state index is 10.7. The van der Waals surface area contributed by atoms with Crippen LogP contribution >= 0.6 is 11.8 Å². The van der Waals surface area contributed by atoms with Crippen molar-refractivity contribution in [2.45, 2.75) is 66.2 Å². The van der Waals surface area contributed by atoms with Gasteiger partial charge >= 0.3 is 5.97 Å². The first kappa shape index (κ1) is 19.8. The Kier molecular flexibility index (Phi) is 9.56. The van der Waals surface area contributed by atoms with Crippen molar-refractivity contribution in [1.29, 1.82) is 0 Å². The lowest BCUT2D eigenvalue weighted by Crippen LogP contribution is -2.17. The van der Waals surface area contributed by atoms with Gasteiger partial charge in [0, 0.05) is 6.61 Å². The van der Waals surface area contributed by atoms with E-state index in [0.717, 1.165) is 37.2 Å². The molecule has 0 amide bonds. The minimum Gasteiger partial charge on any atom is -0.481 e. The lowest BCUT2D eigenvalue weighted by Gasteiger charge is -2.23. The maximum absolute atomic E-state index is 10.7. The van der Waals surface area contributed by atoms with Gasteiger partial charge in [0.15, 0.2) is 0 Å². The number of aliphatic hydroxyl groups is 1. The zero-order valence-corrected chi connectivity index (χ0v) is 14.4. The number of carboxylic acids is 1. The zero-order chi connectivity index (χ0) is 15.6. The zero-order valence-electron chi connectivity index (χ0n) is 13.6. The first-order chi connectivity index (χ1) is 9.18. The van der Waals surface area contributed by atoms with E-state index in [-0.39, 0.29) is 23.9 Å². The summed E-state index contributed by atoms with van der Waals surface area (Å²) in [4.78, 5) is 10.7. The van der Waals surface area contributed by atoms with Crippen LogP contribution in [-0.4, -0.2) is 34.3 Å². The van der Waals surface area contributed by atoms with E-state index in [1.165, 1.54) is 6.42 Å². The summed E-state index contributed by atoms with van der Waals surface area (Å²) in [6.07, 6.45) is 5.54. The summed E-state index contributed by atoms with van der Waals surface area (Å²) >= 11 is 1.96. The van der Waals surface area contributed by atoms with Crippen LogP contribution in [0.25, 0.3) is 0 Å². The Morgan fingerprint density at radius 1 is 0.950 bits per heavy atom. The summed E-state index contributed by atoms with van der Waals surface area (Å²) in [5, 5.41) is 17.8. The number of carbonyl (C=O) groups is 1. The molecule has 0 saturated heterocycles. The van der Waals surface area contributed by atoms with Crippen molar-refractivity contribution >= 4 is 17.7 Å². The number of hydrogen-bond donors (Lipinski definition) is 2. The van der Waals surface area contributed by atoms with Crippen LogP contribution in [0.3, 0.4) is 0 Å². The van der Waals surface area contributed by atoms with Crippen molar-refractivity contribution in [3.8, 4) is 0 Å². The highest BCUT2D eigenvalue weighted by molar-refractivity contribution is 7.99. The molecule has 0 heterocycles. The summed E-state index contributed by atoms with van der Waals surface area (Å²) in [7, 11) is 0. The molecular formula is C16H32O3S. The minimum atomic E-state index is -0.700. The van der Waals surface area contributed by atoms with E-state index in [2.05, 4.69) is 13.8 Å². The molecule has 4 heteroatoms. The van der Waals surface area contributed by atoms with Crippen molar-refractivity contribution in [3.63, 3.8) is 0 Å². The number of thioether (sulfide) groups is 1. The molecule has 0 aromatic carbocycles. The molecule has 0 aliphatic rings. The third kappa shape index (κ3) is 11.6. The van der Waals surface area contributed by atoms with E-state index in [1.807, 2.05) is 25.6 Å². The number of carboxylic acid groups (broad SMARTS) is 1. The van der Waals surface area contributed by atoms with E-state index in [0.29, 0.717) is 0 Å². The lowest BCUT2D eigenvalue weighted by atomic mass is 9.85. The van der Waals surface area contributed by atoms with Gasteiger partial charge in [0.05, 0.1) is 6.42 Å². The molecule has 0 saturated carbocycles. The normalized spacial score (nSPS) is 12.7. The second kappa shape index (κ2) is 9.67. The van der Waals surface area contributed by atoms with Gasteiger partial charge in [0.25, 0.3) is 0 Å². The Bertz CT molecular complexity index is 275. The van der Waals surface area contributed by atoms with Crippen molar-refractivity contribution < 1.29 is 15.0 Å². The Morgan fingerprint density at radius 2 is 1.45 bits per heavy atom. The predicted octanol–water partition coefficient (Wildman–Crippen LogP) is 4.19. The molecule has 20 heavy (non-hydrogen) atoms. The van der Waals surface area contributed by atoms with Crippen LogP contribution in [0.15, 0.2) is 0 Å². The fraction of sp³-hybridized carbons (Fsp3) is 0.938. The van der Waals surface area contributed by atoms with Crippen LogP contribution in [0, 0.1) is 10.8 Å². The lowest BCUT2D eigenvalue weighted by molar-refractivity contribution is -0.139. The molecule has 0 fully saturated rings. The topological polar surface area (TPSA) is 57.5 Å². The van der Waals surface area contributed by atoms with Gasteiger partial charge in [0.2, 0.25) is 0 Å². The second-order valence-corrected chi connectivity index (χ2v) is 8.42. The van der Waals surface area contributed by atoms with Gasteiger partial charge in [-0.3, -0.25) is 4.79 Å². The van der Waals surface area contributed by atoms with Crippen LogP contribution in [0.1, 0.15) is 66.2 Å². The summed E-state index contributed by atoms with van der Waals surface area (Å²) in [6.45, 7) is 8.76. The van der Waals surface area contributed by atoms with Gasteiger partial charge < -0.3 is 10.2 Å². The molecule has 0 aromatic heterocycles. The van der Waals surface area contributed by atoms with Gasteiger partial charge in [-0.25, -0.2) is 0 Å². The first-order valence-electron chi connectivity index (χ1n) is 7.59. The smallest absolute Gasteiger partial charge is 0.303 e. The van der Waals surface area contributed by atoms with Gasteiger partial charge in [-0.05, 0) is 54.4 Å². The highest BCUT2D eigenvalue weighted by Crippen LogP contribution is 2.29. The second-order valence-electron chi connectivity index (χ2n) is 7.19. The molecule has 0 bridgehead atoms. The Hall–Kier alpha value is -0.220. The van der Waals surface area contributed by atoms with Crippen LogP contribution in [-0.2, 0) is 4.79 Å². The molecule has 0 aliphatic carbocycles. The molecule has 0 atom stereocenters. The fourth-order valence-corrected chi connectivity index (χ4v) is 3.23. The average molecular weight is 304 g/mol. The molecule has 0 radical (unpaired) electrons. The third-order valence-electron chi connectivity index (χ3n) is 3.70. The summed E-state index contributed by atoms with van der Waals surface area (Å²) < 4.78 is 0. The summed E-state index contributed by atoms with van der Waals surface area (Å²) in [5.74, 6) is 1.58. The van der Waals surface area contributed by atoms with Crippen molar-refractivity contribution in [2.75, 3.05) is 18.1 Å². The van der Waals surface area contributed by atoms with Crippen LogP contribution in [0.5, 0.6) is 0 Å². The Balaban J connectivity index is 3.56. The Morgan fingerprint density at radius 3 is 1.90 bits per heavy atom. The molecule has 120 valence electrons. The van der Waals surface area contributed by atoms with Crippen molar-refractivity contribution in [2.24, 2.45) is 10.8 Å². The Labute approximate surface area is 128 Å². The van der Waals surface area contributed by atoms with E-state index in [9.17, 15) is 4.79 Å². The van der Waals surface area contributed by atoms with E-state index in [1.54, 1.807) is 0 Å². The molecular weight excluding hydrogens is 272 g/mol. The third-order valence-corrected chi connectivity index (χ3v) is 4.86. The van der Waals surface area contributed by atoms with Crippen LogP contribution in [0.4, 0.5) is 0 Å². The molecule has 0 unspecified atom stereocenters. The predicted molar refractivity (Wildman–Crippen MR) is 87.3 cm³/mol. The SMILES string of the molecule is CC(C)(CCO)CCCSCCCC(C)(C)CC(=O)O. The molecule has 0 spiro atoms. The number of aliphatic carboxylic acids is 1. The highest BCUT2D eigenvalue weighted by atomic mass is 32.2. The minimum absolute atomic E-state index is 0.0878. The van der Waals surface area contributed by atoms with E-state index in [4.69, 9.17) is 10.2 Å². The molecule has 2 N–H and O–H groups in total. The average Bonchev–Trinajstić information content (AvgIpc) is 2.25. The van der Waals surface area contributed by atoms with Crippen molar-refractivity contribution in [3.05, 3.63) is 0 Å². The monoisotopic (exact) mass is 304 g/mol. The van der Waals surface area contributed by atoms with Crippen LogP contribution in [0.2, 0.25) is 0 Å². The number of rotatable bonds is 12. The molecule has 0 aromatic rings. The maximum Gasteiger partial charge on any atom is 0.303 e. The van der Waals surface area contributed by atoms with Gasteiger partial charge in [-0.15, -0.1) is 0 Å². The molecule has 3 nitrogen and oxygen atoms in total. The van der Waals surface area contributed by atoms with E-state index < -0.39 is 5.97 Å². The van der Waals surface area contributed by atoms with Gasteiger partial charge in [-0.1, -0.05) is 27.7 Å².